The van der Waals surface area contributed by atoms with Crippen LogP contribution in [-0.4, -0.2) is 11.2 Å². The van der Waals surface area contributed by atoms with Gasteiger partial charge in [-0.05, 0) is 24.7 Å². The van der Waals surface area contributed by atoms with Crippen molar-refractivity contribution in [2.45, 2.75) is 32.8 Å². The molecular weight excluding hydrogens is 124 g/mol. The highest BCUT2D eigenvalue weighted by Gasteiger charge is 2.14. The lowest BCUT2D eigenvalue weighted by Crippen LogP contribution is -2.04. The second kappa shape index (κ2) is 3.20. The van der Waals surface area contributed by atoms with Gasteiger partial charge in [0.05, 0.1) is 6.10 Å². The molecule has 0 radical (unpaired) electrons. The molecule has 0 fully saturated rings. The van der Waals surface area contributed by atoms with Gasteiger partial charge in [-0.15, -0.1) is 0 Å². The first-order valence-corrected chi connectivity index (χ1v) is 4.06. The first kappa shape index (κ1) is 7.80. The molecule has 0 spiro atoms. The lowest BCUT2D eigenvalue weighted by atomic mass is 9.93. The lowest BCUT2D eigenvalue weighted by molar-refractivity contribution is 0.204. The number of aliphatic hydroxyl groups is 1. The SMILES string of the molecule is CC1C=CC(O)CCC1C. The molecule has 1 nitrogen and oxygen atoms in total. The fraction of sp³-hybridized carbons (Fsp3) is 0.778. The fourth-order valence-corrected chi connectivity index (χ4v) is 1.29. The Morgan fingerprint density at radius 2 is 1.90 bits per heavy atom. The normalized spacial score (nSPS) is 41.3. The minimum Gasteiger partial charge on any atom is -0.389 e. The molecule has 0 aromatic rings. The van der Waals surface area contributed by atoms with E-state index in [0.29, 0.717) is 5.92 Å². The monoisotopic (exact) mass is 140 g/mol. The number of hydrogen-bond acceptors (Lipinski definition) is 1. The van der Waals surface area contributed by atoms with Crippen molar-refractivity contribution < 1.29 is 5.11 Å². The third-order valence-electron chi connectivity index (χ3n) is 2.45. The van der Waals surface area contributed by atoms with Crippen molar-refractivity contribution in [2.24, 2.45) is 11.8 Å². The summed E-state index contributed by atoms with van der Waals surface area (Å²) in [6.45, 7) is 4.45. The smallest absolute Gasteiger partial charge is 0.0721 e. The van der Waals surface area contributed by atoms with Gasteiger partial charge in [0.1, 0.15) is 0 Å². The molecule has 0 amide bonds. The van der Waals surface area contributed by atoms with Gasteiger partial charge in [-0.25, -0.2) is 0 Å². The average Bonchev–Trinajstić information content (AvgIpc) is 2.04. The van der Waals surface area contributed by atoms with Gasteiger partial charge in [0.2, 0.25) is 0 Å². The minimum absolute atomic E-state index is 0.188. The van der Waals surface area contributed by atoms with Gasteiger partial charge in [0, 0.05) is 0 Å². The Morgan fingerprint density at radius 1 is 1.20 bits per heavy atom. The van der Waals surface area contributed by atoms with Crippen molar-refractivity contribution in [1.29, 1.82) is 0 Å². The van der Waals surface area contributed by atoms with Crippen LogP contribution in [0.5, 0.6) is 0 Å². The number of allylic oxidation sites excluding steroid dienone is 1. The van der Waals surface area contributed by atoms with Crippen molar-refractivity contribution in [3.05, 3.63) is 12.2 Å². The van der Waals surface area contributed by atoms with E-state index in [4.69, 9.17) is 0 Å². The van der Waals surface area contributed by atoms with Gasteiger partial charge in [0.15, 0.2) is 0 Å². The highest BCUT2D eigenvalue weighted by atomic mass is 16.3. The van der Waals surface area contributed by atoms with E-state index in [0.717, 1.165) is 18.8 Å². The molecule has 0 aliphatic heterocycles. The molecule has 0 saturated heterocycles. The molecule has 3 unspecified atom stereocenters. The van der Waals surface area contributed by atoms with Crippen LogP contribution >= 0.6 is 0 Å². The van der Waals surface area contributed by atoms with Crippen molar-refractivity contribution in [3.63, 3.8) is 0 Å². The molecule has 0 aromatic heterocycles. The van der Waals surface area contributed by atoms with Crippen molar-refractivity contribution >= 4 is 0 Å². The summed E-state index contributed by atoms with van der Waals surface area (Å²) < 4.78 is 0. The fourth-order valence-electron chi connectivity index (χ4n) is 1.29. The van der Waals surface area contributed by atoms with Crippen LogP contribution in [0.4, 0.5) is 0 Å². The molecule has 0 heterocycles. The molecule has 1 rings (SSSR count). The summed E-state index contributed by atoms with van der Waals surface area (Å²) in [5.74, 6) is 1.37. The average molecular weight is 140 g/mol. The molecule has 1 aliphatic carbocycles. The molecule has 0 bridgehead atoms. The van der Waals surface area contributed by atoms with Crippen LogP contribution in [0, 0.1) is 11.8 Å². The van der Waals surface area contributed by atoms with E-state index in [1.165, 1.54) is 0 Å². The lowest BCUT2D eigenvalue weighted by Gasteiger charge is -2.12. The number of aliphatic hydroxyl groups excluding tert-OH is 1. The summed E-state index contributed by atoms with van der Waals surface area (Å²) in [7, 11) is 0. The zero-order valence-electron chi connectivity index (χ0n) is 6.75. The quantitative estimate of drug-likeness (QED) is 0.510. The maximum absolute atomic E-state index is 9.24. The van der Waals surface area contributed by atoms with Crippen LogP contribution in [0.25, 0.3) is 0 Å². The van der Waals surface area contributed by atoms with Gasteiger partial charge in [-0.2, -0.15) is 0 Å². The van der Waals surface area contributed by atoms with E-state index >= 15 is 0 Å². The molecule has 1 aliphatic rings. The van der Waals surface area contributed by atoms with Gasteiger partial charge in [0.25, 0.3) is 0 Å². The summed E-state index contributed by atoms with van der Waals surface area (Å²) in [4.78, 5) is 0. The standard InChI is InChI=1S/C9H16O/c1-7-3-5-9(10)6-4-8(7)2/h3,5,7-10H,4,6H2,1-2H3. The number of rotatable bonds is 0. The number of hydrogen-bond donors (Lipinski definition) is 1. The zero-order valence-corrected chi connectivity index (χ0v) is 6.75. The predicted octanol–water partition coefficient (Wildman–Crippen LogP) is 1.97. The van der Waals surface area contributed by atoms with Gasteiger partial charge < -0.3 is 5.11 Å². The predicted molar refractivity (Wildman–Crippen MR) is 42.7 cm³/mol. The van der Waals surface area contributed by atoms with Crippen LogP contribution in [0.1, 0.15) is 26.7 Å². The van der Waals surface area contributed by atoms with E-state index in [1.807, 2.05) is 6.08 Å². The van der Waals surface area contributed by atoms with E-state index in [-0.39, 0.29) is 6.10 Å². The first-order valence-electron chi connectivity index (χ1n) is 4.06. The highest BCUT2D eigenvalue weighted by molar-refractivity contribution is 4.96. The van der Waals surface area contributed by atoms with Gasteiger partial charge >= 0.3 is 0 Å². The van der Waals surface area contributed by atoms with E-state index in [1.54, 1.807) is 0 Å². The van der Waals surface area contributed by atoms with Crippen molar-refractivity contribution in [2.75, 3.05) is 0 Å². The molecule has 1 N–H and O–H groups in total. The summed E-state index contributed by atoms with van der Waals surface area (Å²) in [5.41, 5.74) is 0. The summed E-state index contributed by atoms with van der Waals surface area (Å²) in [6, 6.07) is 0. The minimum atomic E-state index is -0.188. The Hall–Kier alpha value is -0.300. The Kier molecular flexibility index (Phi) is 2.50. The van der Waals surface area contributed by atoms with E-state index < -0.39 is 0 Å². The third-order valence-corrected chi connectivity index (χ3v) is 2.45. The van der Waals surface area contributed by atoms with Crippen LogP contribution in [0.15, 0.2) is 12.2 Å². The molecule has 0 aromatic carbocycles. The maximum Gasteiger partial charge on any atom is 0.0721 e. The molecule has 1 heteroatoms. The molecular formula is C9H16O. The second-order valence-corrected chi connectivity index (χ2v) is 3.37. The first-order chi connectivity index (χ1) is 4.70. The van der Waals surface area contributed by atoms with Crippen molar-refractivity contribution in [3.8, 4) is 0 Å². The molecule has 0 saturated carbocycles. The molecule has 10 heavy (non-hydrogen) atoms. The highest BCUT2D eigenvalue weighted by Crippen LogP contribution is 2.22. The Labute approximate surface area is 62.8 Å². The van der Waals surface area contributed by atoms with Crippen LogP contribution in [0.3, 0.4) is 0 Å². The zero-order chi connectivity index (χ0) is 7.56. The maximum atomic E-state index is 9.24. The van der Waals surface area contributed by atoms with E-state index in [2.05, 4.69) is 19.9 Å². The second-order valence-electron chi connectivity index (χ2n) is 3.37. The Balaban J connectivity index is 2.53. The molecule has 58 valence electrons. The summed E-state index contributed by atoms with van der Waals surface area (Å²) in [5, 5.41) is 9.24. The largest absolute Gasteiger partial charge is 0.389 e. The topological polar surface area (TPSA) is 20.2 Å². The van der Waals surface area contributed by atoms with Crippen LogP contribution in [0.2, 0.25) is 0 Å². The van der Waals surface area contributed by atoms with Gasteiger partial charge in [-0.1, -0.05) is 26.0 Å². The third kappa shape index (κ3) is 1.84. The summed E-state index contributed by atoms with van der Waals surface area (Å²) in [6.07, 6.45) is 5.95. The van der Waals surface area contributed by atoms with Gasteiger partial charge in [-0.3, -0.25) is 0 Å². The summed E-state index contributed by atoms with van der Waals surface area (Å²) >= 11 is 0. The Morgan fingerprint density at radius 3 is 2.60 bits per heavy atom. The van der Waals surface area contributed by atoms with Crippen molar-refractivity contribution in [1.82, 2.24) is 0 Å². The Bertz CT molecular complexity index is 129. The van der Waals surface area contributed by atoms with Crippen LogP contribution < -0.4 is 0 Å². The molecule has 3 atom stereocenters. The van der Waals surface area contributed by atoms with Crippen LogP contribution in [-0.2, 0) is 0 Å². The van der Waals surface area contributed by atoms with E-state index in [9.17, 15) is 5.11 Å².